The van der Waals surface area contributed by atoms with Gasteiger partial charge in [-0.1, -0.05) is 5.92 Å². The number of hydrogen-bond donors (Lipinski definition) is 1. The number of benzene rings is 2. The van der Waals surface area contributed by atoms with E-state index in [4.69, 9.17) is 20.3 Å². The van der Waals surface area contributed by atoms with Crippen LogP contribution in [0.4, 0.5) is 10.2 Å². The van der Waals surface area contributed by atoms with Gasteiger partial charge in [-0.3, -0.25) is 4.79 Å². The van der Waals surface area contributed by atoms with Crippen molar-refractivity contribution in [3.8, 4) is 40.3 Å². The van der Waals surface area contributed by atoms with Crippen LogP contribution in [0.3, 0.4) is 0 Å². The van der Waals surface area contributed by atoms with Gasteiger partial charge in [-0.2, -0.15) is 5.10 Å². The predicted molar refractivity (Wildman–Crippen MR) is 156 cm³/mol. The van der Waals surface area contributed by atoms with Crippen molar-refractivity contribution in [1.29, 1.82) is 0 Å². The third-order valence-corrected chi connectivity index (χ3v) is 6.91. The fraction of sp³-hybridized carbons (Fsp3) is 0.226. The minimum absolute atomic E-state index is 0.169. The molecule has 0 aliphatic carbocycles. The smallest absolute Gasteiger partial charge is 0.298 e. The summed E-state index contributed by atoms with van der Waals surface area (Å²) in [6.45, 7) is 5.40. The number of hydrogen-bond acceptors (Lipinski definition) is 9. The number of halogens is 1. The summed E-state index contributed by atoms with van der Waals surface area (Å²) in [5, 5.41) is 5.47. The van der Waals surface area contributed by atoms with Gasteiger partial charge in [0, 0.05) is 67.3 Å². The van der Waals surface area contributed by atoms with Crippen molar-refractivity contribution in [3.05, 3.63) is 78.4 Å². The Morgan fingerprint density at radius 3 is 2.53 bits per heavy atom. The summed E-state index contributed by atoms with van der Waals surface area (Å²) in [6.07, 6.45) is 4.75. The van der Waals surface area contributed by atoms with Crippen molar-refractivity contribution < 1.29 is 18.7 Å². The van der Waals surface area contributed by atoms with Gasteiger partial charge in [-0.15, -0.1) is 0 Å². The molecule has 0 spiro atoms. The van der Waals surface area contributed by atoms with Gasteiger partial charge in [0.25, 0.3) is 5.91 Å². The Kier molecular flexibility index (Phi) is 7.53. The Labute approximate surface area is 246 Å². The number of ether oxygens (including phenoxy) is 2. The lowest BCUT2D eigenvalue weighted by atomic mass is 10.0. The van der Waals surface area contributed by atoms with E-state index in [-0.39, 0.29) is 24.2 Å². The van der Waals surface area contributed by atoms with E-state index in [1.54, 1.807) is 49.3 Å². The molecule has 0 bridgehead atoms. The van der Waals surface area contributed by atoms with Crippen molar-refractivity contribution in [2.75, 3.05) is 18.8 Å². The van der Waals surface area contributed by atoms with Gasteiger partial charge in [0.2, 0.25) is 0 Å². The van der Waals surface area contributed by atoms with Crippen LogP contribution in [0.25, 0.3) is 22.3 Å². The van der Waals surface area contributed by atoms with E-state index in [1.807, 2.05) is 16.8 Å². The molecule has 4 heterocycles. The van der Waals surface area contributed by atoms with Crippen molar-refractivity contribution in [3.63, 3.8) is 0 Å². The highest BCUT2D eigenvalue weighted by molar-refractivity contribution is 5.98. The fourth-order valence-electron chi connectivity index (χ4n) is 4.80. The number of nitrogens with two attached hydrogens (primary N) is 1. The Hall–Kier alpha value is -5.57. The van der Waals surface area contributed by atoms with E-state index in [9.17, 15) is 9.18 Å². The lowest BCUT2D eigenvalue weighted by molar-refractivity contribution is -0.131. The van der Waals surface area contributed by atoms with E-state index in [0.717, 1.165) is 11.1 Å². The molecule has 5 aromatic rings. The number of amides is 1. The average Bonchev–Trinajstić information content (AvgIpc) is 3.34. The van der Waals surface area contributed by atoms with Crippen molar-refractivity contribution in [2.45, 2.75) is 27.0 Å². The molecule has 0 saturated carbocycles. The number of nitrogens with zero attached hydrogens (tertiary/aromatic N) is 7. The zero-order valence-electron chi connectivity index (χ0n) is 23.5. The normalized spacial score (nSPS) is 12.9. The minimum atomic E-state index is -0.492. The van der Waals surface area contributed by atoms with Gasteiger partial charge in [0.1, 0.15) is 53.3 Å². The largest absolute Gasteiger partial charge is 0.489 e. The number of rotatable bonds is 8. The summed E-state index contributed by atoms with van der Waals surface area (Å²) in [4.78, 5) is 30.6. The highest BCUT2D eigenvalue weighted by Gasteiger charge is 2.31. The second-order valence-electron chi connectivity index (χ2n) is 10.1. The van der Waals surface area contributed by atoms with E-state index < -0.39 is 5.82 Å². The molecule has 11 nitrogen and oxygen atoms in total. The molecule has 1 fully saturated rings. The molecule has 0 radical (unpaired) electrons. The van der Waals surface area contributed by atoms with Crippen LogP contribution >= 0.6 is 0 Å². The summed E-state index contributed by atoms with van der Waals surface area (Å²) in [5.41, 5.74) is 9.05. The molecule has 12 heteroatoms. The summed E-state index contributed by atoms with van der Waals surface area (Å²) < 4.78 is 27.8. The number of nitrogen functional groups attached to an aromatic ring is 1. The minimum Gasteiger partial charge on any atom is -0.489 e. The number of fused-ring (bicyclic) bond motifs is 1. The van der Waals surface area contributed by atoms with Gasteiger partial charge in [-0.25, -0.2) is 29.0 Å². The molecular weight excluding hydrogens is 551 g/mol. The van der Waals surface area contributed by atoms with Crippen LogP contribution in [0.15, 0.2) is 61.2 Å². The molecule has 2 aromatic carbocycles. The maximum Gasteiger partial charge on any atom is 0.298 e. The Balaban J connectivity index is 1.17. The van der Waals surface area contributed by atoms with Crippen LogP contribution in [0, 0.1) is 30.5 Å². The van der Waals surface area contributed by atoms with Gasteiger partial charge >= 0.3 is 0 Å². The van der Waals surface area contributed by atoms with Crippen LogP contribution in [-0.2, 0) is 17.9 Å². The average molecular weight is 579 g/mol. The fourth-order valence-corrected chi connectivity index (χ4v) is 4.80. The summed E-state index contributed by atoms with van der Waals surface area (Å²) in [7, 11) is 0. The third kappa shape index (κ3) is 6.06. The van der Waals surface area contributed by atoms with E-state index >= 15 is 0 Å². The number of likely N-dealkylation sites (tertiary alicyclic amines) is 1. The quantitative estimate of drug-likeness (QED) is 0.269. The lowest BCUT2D eigenvalue weighted by Crippen LogP contribution is -2.51. The van der Waals surface area contributed by atoms with Crippen LogP contribution < -0.4 is 15.2 Å². The number of anilines is 1. The molecule has 3 aromatic heterocycles. The number of carbonyl (C=O) groups excluding carboxylic acids is 1. The SMILES string of the molecule is CC#CC(=O)N1CC(Cn2nc(-c3ccc(Oc4cc(F)cc(OCc5cnc(C)nc5)c4)cc3)c3c(N)ncnc32)C1. The molecule has 1 amide bonds. The Morgan fingerprint density at radius 1 is 1.05 bits per heavy atom. The van der Waals surface area contributed by atoms with E-state index in [0.29, 0.717) is 59.5 Å². The molecule has 43 heavy (non-hydrogen) atoms. The second kappa shape index (κ2) is 11.7. The topological polar surface area (TPSA) is 134 Å². The van der Waals surface area contributed by atoms with Crippen LogP contribution in [0.2, 0.25) is 0 Å². The lowest BCUT2D eigenvalue weighted by Gasteiger charge is -2.37. The summed E-state index contributed by atoms with van der Waals surface area (Å²) >= 11 is 0. The highest BCUT2D eigenvalue weighted by Crippen LogP contribution is 2.33. The molecule has 0 atom stereocenters. The molecule has 2 N–H and O–H groups in total. The van der Waals surface area contributed by atoms with Gasteiger partial charge in [0.05, 0.1) is 5.39 Å². The Bertz CT molecular complexity index is 1860. The monoisotopic (exact) mass is 578 g/mol. The number of carbonyl (C=O) groups is 1. The number of aryl methyl sites for hydroxylation is 1. The van der Waals surface area contributed by atoms with Crippen LogP contribution in [0.5, 0.6) is 17.2 Å². The second-order valence-corrected chi connectivity index (χ2v) is 10.1. The van der Waals surface area contributed by atoms with E-state index in [2.05, 4.69) is 31.8 Å². The third-order valence-electron chi connectivity index (χ3n) is 6.91. The standard InChI is InChI=1S/C31H27FN8O3/c1-3-4-27(41)39-14-21(15-39)16-40-31-28(30(33)36-18-37-31)29(38-40)22-5-7-24(8-6-22)43-26-10-23(32)9-25(11-26)42-17-20-12-34-19(2)35-13-20/h5-13,18,21H,14-17H2,1-2H3,(H2,33,36,37). The molecule has 1 aliphatic rings. The first-order valence-electron chi connectivity index (χ1n) is 13.5. The van der Waals surface area contributed by atoms with Crippen molar-refractivity contribution >= 4 is 22.8 Å². The van der Waals surface area contributed by atoms with E-state index in [1.165, 1.54) is 18.5 Å². The molecule has 1 saturated heterocycles. The van der Waals surface area contributed by atoms with Gasteiger partial charge in [-0.05, 0) is 44.0 Å². The number of aromatic nitrogens is 6. The molecular formula is C31H27FN8O3. The molecule has 216 valence electrons. The maximum absolute atomic E-state index is 14.4. The Morgan fingerprint density at radius 2 is 1.79 bits per heavy atom. The molecule has 0 unspecified atom stereocenters. The summed E-state index contributed by atoms with van der Waals surface area (Å²) in [6, 6.07) is 11.4. The zero-order chi connectivity index (χ0) is 29.9. The van der Waals surface area contributed by atoms with Crippen molar-refractivity contribution in [1.82, 2.24) is 34.6 Å². The molecule has 1 aliphatic heterocycles. The first-order valence-corrected chi connectivity index (χ1v) is 13.5. The molecule has 6 rings (SSSR count). The maximum atomic E-state index is 14.4. The zero-order valence-corrected chi connectivity index (χ0v) is 23.5. The highest BCUT2D eigenvalue weighted by atomic mass is 19.1. The van der Waals surface area contributed by atoms with Crippen LogP contribution in [-0.4, -0.2) is 53.6 Å². The predicted octanol–water partition coefficient (Wildman–Crippen LogP) is 4.17. The van der Waals surface area contributed by atoms with Gasteiger partial charge < -0.3 is 20.1 Å². The summed E-state index contributed by atoms with van der Waals surface area (Å²) in [5.74, 6) is 6.85. The first-order chi connectivity index (χ1) is 20.9. The van der Waals surface area contributed by atoms with Gasteiger partial charge in [0.15, 0.2) is 5.65 Å². The van der Waals surface area contributed by atoms with Crippen LogP contribution in [0.1, 0.15) is 18.3 Å². The van der Waals surface area contributed by atoms with Crippen molar-refractivity contribution in [2.24, 2.45) is 5.92 Å². The first kappa shape index (κ1) is 27.6.